The molecule has 1 aromatic carbocycles. The summed E-state index contributed by atoms with van der Waals surface area (Å²) in [6.07, 6.45) is 3.83. The molecule has 3 aliphatic rings. The lowest BCUT2D eigenvalue weighted by Crippen LogP contribution is -2.47. The Morgan fingerprint density at radius 3 is 2.72 bits per heavy atom. The smallest absolute Gasteiger partial charge is 0.280 e. The number of carbonyl (C=O) groups excluding carboxylic acids is 1. The highest BCUT2D eigenvalue weighted by atomic mass is 32.2. The minimum Gasteiger partial charge on any atom is -0.325 e. The van der Waals surface area contributed by atoms with Crippen LogP contribution in [0.15, 0.2) is 24.3 Å². The molecule has 2 aliphatic heterocycles. The molecule has 1 aliphatic carbocycles. The number of rotatable bonds is 3. The number of para-hydroxylation sites is 1. The van der Waals surface area contributed by atoms with E-state index in [-0.39, 0.29) is 24.9 Å². The number of nitrogens with zero attached hydrogens (tertiary/aromatic N) is 2. The van der Waals surface area contributed by atoms with Gasteiger partial charge < -0.3 is 5.32 Å². The van der Waals surface area contributed by atoms with E-state index in [1.165, 1.54) is 4.31 Å². The molecule has 2 atom stereocenters. The van der Waals surface area contributed by atoms with Crippen LogP contribution in [-0.2, 0) is 20.4 Å². The van der Waals surface area contributed by atoms with E-state index >= 15 is 0 Å². The highest BCUT2D eigenvalue weighted by Gasteiger charge is 2.57. The molecule has 4 rings (SSSR count). The summed E-state index contributed by atoms with van der Waals surface area (Å²) in [4.78, 5) is 12.7. The van der Waals surface area contributed by atoms with Crippen LogP contribution in [0.2, 0.25) is 0 Å². The van der Waals surface area contributed by atoms with Gasteiger partial charge in [0.25, 0.3) is 10.2 Å². The molecule has 2 fully saturated rings. The van der Waals surface area contributed by atoms with Gasteiger partial charge in [0.15, 0.2) is 0 Å². The summed E-state index contributed by atoms with van der Waals surface area (Å²) in [5, 5.41) is 12.4. The molecule has 7 nitrogen and oxygen atoms in total. The molecule has 2 N–H and O–H groups in total. The van der Waals surface area contributed by atoms with E-state index in [0.717, 1.165) is 31.2 Å². The maximum absolute atomic E-state index is 12.8. The van der Waals surface area contributed by atoms with E-state index in [1.807, 2.05) is 18.2 Å². The van der Waals surface area contributed by atoms with Gasteiger partial charge in [0.2, 0.25) is 5.91 Å². The molecule has 1 saturated carbocycles. The molecule has 1 spiro atoms. The number of fused-ring (bicyclic) bond motifs is 2. The fourth-order valence-electron chi connectivity index (χ4n) is 4.29. The van der Waals surface area contributed by atoms with Crippen molar-refractivity contribution in [2.45, 2.75) is 49.6 Å². The van der Waals surface area contributed by atoms with Gasteiger partial charge in [-0.25, -0.2) is 0 Å². The number of hydrogen-bond donors (Lipinski definition) is 2. The lowest BCUT2D eigenvalue weighted by Gasteiger charge is -2.24. The van der Waals surface area contributed by atoms with Gasteiger partial charge in [-0.15, -0.1) is 0 Å². The van der Waals surface area contributed by atoms with E-state index in [1.54, 1.807) is 6.07 Å². The second-order valence-corrected chi connectivity index (χ2v) is 8.74. The minimum absolute atomic E-state index is 0.00384. The van der Waals surface area contributed by atoms with Crippen LogP contribution in [0.5, 0.6) is 0 Å². The summed E-state index contributed by atoms with van der Waals surface area (Å²) >= 11 is 0. The summed E-state index contributed by atoms with van der Waals surface area (Å²) in [7, 11) is -3.81. The van der Waals surface area contributed by atoms with Crippen LogP contribution in [-0.4, -0.2) is 37.3 Å². The zero-order chi connectivity index (χ0) is 17.7. The van der Waals surface area contributed by atoms with Crippen molar-refractivity contribution in [3.63, 3.8) is 0 Å². The third kappa shape index (κ3) is 2.54. The quantitative estimate of drug-likeness (QED) is 0.847. The van der Waals surface area contributed by atoms with Gasteiger partial charge in [0.05, 0.1) is 11.5 Å². The SMILES string of the molecule is N#C[C@@H]1C[C@@]2(CN1S(=O)(=O)NC1CCCC1)C(=O)Nc1ccccc12. The van der Waals surface area contributed by atoms with Gasteiger partial charge in [-0.2, -0.15) is 22.7 Å². The minimum atomic E-state index is -3.81. The second-order valence-electron chi connectivity index (χ2n) is 7.08. The van der Waals surface area contributed by atoms with Gasteiger partial charge in [0.1, 0.15) is 6.04 Å². The van der Waals surface area contributed by atoms with Crippen LogP contribution < -0.4 is 10.0 Å². The number of carbonyl (C=O) groups is 1. The molecule has 0 aromatic heterocycles. The van der Waals surface area contributed by atoms with E-state index in [2.05, 4.69) is 16.1 Å². The molecule has 0 bridgehead atoms. The van der Waals surface area contributed by atoms with Crippen LogP contribution in [0.25, 0.3) is 0 Å². The zero-order valence-corrected chi connectivity index (χ0v) is 14.6. The van der Waals surface area contributed by atoms with Crippen molar-refractivity contribution in [2.24, 2.45) is 0 Å². The van der Waals surface area contributed by atoms with Crippen molar-refractivity contribution in [2.75, 3.05) is 11.9 Å². The molecular formula is C17H20N4O3S. The van der Waals surface area contributed by atoms with Crippen molar-refractivity contribution >= 4 is 21.8 Å². The fourth-order valence-corrected chi connectivity index (χ4v) is 5.93. The summed E-state index contributed by atoms with van der Waals surface area (Å²) < 4.78 is 29.6. The third-order valence-corrected chi connectivity index (χ3v) is 7.20. The van der Waals surface area contributed by atoms with Gasteiger partial charge in [-0.05, 0) is 30.9 Å². The van der Waals surface area contributed by atoms with E-state index in [4.69, 9.17) is 0 Å². The summed E-state index contributed by atoms with van der Waals surface area (Å²) in [6, 6.07) is 8.44. The average Bonchev–Trinajstić information content (AvgIpc) is 3.28. The topological polar surface area (TPSA) is 102 Å². The van der Waals surface area contributed by atoms with Crippen molar-refractivity contribution in [1.29, 1.82) is 5.26 Å². The Balaban J connectivity index is 1.67. The Kier molecular flexibility index (Phi) is 3.83. The molecule has 1 saturated heterocycles. The van der Waals surface area contributed by atoms with Crippen LogP contribution in [0.1, 0.15) is 37.7 Å². The molecule has 25 heavy (non-hydrogen) atoms. The normalized spacial score (nSPS) is 29.7. The first-order valence-electron chi connectivity index (χ1n) is 8.56. The first-order chi connectivity index (χ1) is 12.0. The summed E-state index contributed by atoms with van der Waals surface area (Å²) in [5.41, 5.74) is 0.493. The molecule has 0 unspecified atom stereocenters. The third-order valence-electron chi connectivity index (χ3n) is 5.57. The highest BCUT2D eigenvalue weighted by molar-refractivity contribution is 7.87. The maximum Gasteiger partial charge on any atom is 0.280 e. The number of nitrogens with one attached hydrogen (secondary N) is 2. The van der Waals surface area contributed by atoms with Gasteiger partial charge in [-0.1, -0.05) is 31.0 Å². The largest absolute Gasteiger partial charge is 0.325 e. The molecule has 0 radical (unpaired) electrons. The standard InChI is InChI=1S/C17H20N4O3S/c18-10-13-9-17(14-7-3-4-8-15(14)19-16(17)22)11-21(13)25(23,24)20-12-5-1-2-6-12/h3-4,7-8,12-13,20H,1-2,5-6,9,11H2,(H,19,22)/t13-,17-/m0/s1. The van der Waals surface area contributed by atoms with Gasteiger partial charge in [-0.3, -0.25) is 4.79 Å². The van der Waals surface area contributed by atoms with E-state index in [9.17, 15) is 18.5 Å². The molecule has 2 heterocycles. The molecule has 8 heteroatoms. The Morgan fingerprint density at radius 1 is 1.28 bits per heavy atom. The lowest BCUT2D eigenvalue weighted by molar-refractivity contribution is -0.120. The van der Waals surface area contributed by atoms with Crippen LogP contribution in [0, 0.1) is 11.3 Å². The number of hydrogen-bond acceptors (Lipinski definition) is 4. The highest BCUT2D eigenvalue weighted by Crippen LogP contribution is 2.46. The fraction of sp³-hybridized carbons (Fsp3) is 0.529. The Labute approximate surface area is 147 Å². The predicted molar refractivity (Wildman–Crippen MR) is 91.8 cm³/mol. The predicted octanol–water partition coefficient (Wildman–Crippen LogP) is 1.25. The zero-order valence-electron chi connectivity index (χ0n) is 13.7. The Morgan fingerprint density at radius 2 is 2.00 bits per heavy atom. The number of anilines is 1. The van der Waals surface area contributed by atoms with Crippen molar-refractivity contribution < 1.29 is 13.2 Å². The molecular weight excluding hydrogens is 340 g/mol. The number of nitriles is 1. The van der Waals surface area contributed by atoms with Crippen molar-refractivity contribution in [1.82, 2.24) is 9.03 Å². The number of benzene rings is 1. The van der Waals surface area contributed by atoms with Gasteiger partial charge >= 0.3 is 0 Å². The number of amides is 1. The van der Waals surface area contributed by atoms with Crippen LogP contribution >= 0.6 is 0 Å². The monoisotopic (exact) mass is 360 g/mol. The van der Waals surface area contributed by atoms with Crippen molar-refractivity contribution in [3.05, 3.63) is 29.8 Å². The first-order valence-corrected chi connectivity index (χ1v) is 10.00. The molecule has 1 aromatic rings. The average molecular weight is 360 g/mol. The molecule has 132 valence electrons. The van der Waals surface area contributed by atoms with E-state index < -0.39 is 21.7 Å². The summed E-state index contributed by atoms with van der Waals surface area (Å²) in [5.74, 6) is -0.229. The van der Waals surface area contributed by atoms with Crippen LogP contribution in [0.4, 0.5) is 5.69 Å². The van der Waals surface area contributed by atoms with Crippen molar-refractivity contribution in [3.8, 4) is 6.07 Å². The summed E-state index contributed by atoms with van der Waals surface area (Å²) in [6.45, 7) is -0.00384. The maximum atomic E-state index is 12.8. The van der Waals surface area contributed by atoms with E-state index in [0.29, 0.717) is 5.69 Å². The second kappa shape index (κ2) is 5.80. The van der Waals surface area contributed by atoms with Gasteiger partial charge in [0, 0.05) is 18.3 Å². The lowest BCUT2D eigenvalue weighted by atomic mass is 9.80. The first kappa shape index (κ1) is 16.5. The molecule has 1 amide bonds. The van der Waals surface area contributed by atoms with Crippen LogP contribution in [0.3, 0.4) is 0 Å². The Bertz CT molecular complexity index is 857. The Hall–Kier alpha value is -1.95.